The van der Waals surface area contributed by atoms with Gasteiger partial charge in [-0.15, -0.1) is 10.2 Å². The molecule has 0 spiro atoms. The Morgan fingerprint density at radius 2 is 1.81 bits per heavy atom. The first-order chi connectivity index (χ1) is 12.9. The van der Waals surface area contributed by atoms with Gasteiger partial charge in [-0.1, -0.05) is 25.1 Å². The molecule has 0 saturated carbocycles. The van der Waals surface area contributed by atoms with Gasteiger partial charge in [0.2, 0.25) is 5.88 Å². The minimum absolute atomic E-state index is 0.0913. The minimum atomic E-state index is -0.762. The Morgan fingerprint density at radius 1 is 1.07 bits per heavy atom. The van der Waals surface area contributed by atoms with E-state index in [1.54, 1.807) is 16.7 Å². The first-order valence-corrected chi connectivity index (χ1v) is 8.08. The largest absolute Gasteiger partial charge is 0.493 e. The van der Waals surface area contributed by atoms with Crippen molar-refractivity contribution in [3.05, 3.63) is 62.7 Å². The maximum absolute atomic E-state index is 11.2. The van der Waals surface area contributed by atoms with E-state index in [0.717, 1.165) is 30.1 Å². The van der Waals surface area contributed by atoms with Gasteiger partial charge in [0.15, 0.2) is 11.4 Å². The third-order valence-electron chi connectivity index (χ3n) is 3.99. The molecule has 3 rings (SSSR count). The molecule has 10 nitrogen and oxygen atoms in total. The zero-order valence-electron chi connectivity index (χ0n) is 14.3. The van der Waals surface area contributed by atoms with Gasteiger partial charge in [0.1, 0.15) is 0 Å². The van der Waals surface area contributed by atoms with Gasteiger partial charge in [0.25, 0.3) is 5.69 Å². The van der Waals surface area contributed by atoms with Gasteiger partial charge in [0, 0.05) is 18.0 Å². The highest BCUT2D eigenvalue weighted by atomic mass is 16.6. The maximum atomic E-state index is 11.2. The highest BCUT2D eigenvalue weighted by Gasteiger charge is 2.20. The molecule has 1 aromatic heterocycles. The highest BCUT2D eigenvalue weighted by Crippen LogP contribution is 2.40. The summed E-state index contributed by atoms with van der Waals surface area (Å²) in [6.07, 6.45) is 0.788. The number of nitro benzene ring substituents is 2. The molecule has 2 aromatic carbocycles. The second kappa shape index (κ2) is 7.20. The summed E-state index contributed by atoms with van der Waals surface area (Å²) in [7, 11) is 0. The minimum Gasteiger partial charge on any atom is -0.493 e. The number of rotatable bonds is 6. The van der Waals surface area contributed by atoms with Gasteiger partial charge in [0.05, 0.1) is 21.4 Å². The summed E-state index contributed by atoms with van der Waals surface area (Å²) in [6, 6.07) is 10.3. The van der Waals surface area contributed by atoms with Crippen LogP contribution in [0.4, 0.5) is 22.7 Å². The predicted octanol–water partition coefficient (Wildman–Crippen LogP) is 4.99. The highest BCUT2D eigenvalue weighted by molar-refractivity contribution is 5.95. The summed E-state index contributed by atoms with van der Waals surface area (Å²) in [5.41, 5.74) is -0.138. The molecule has 0 radical (unpaired) electrons. The molecule has 10 heteroatoms. The van der Waals surface area contributed by atoms with Crippen molar-refractivity contribution < 1.29 is 15.0 Å². The molecule has 0 saturated heterocycles. The van der Waals surface area contributed by atoms with Crippen molar-refractivity contribution in [2.24, 2.45) is 10.2 Å². The zero-order valence-corrected chi connectivity index (χ0v) is 14.3. The number of nitrogens with zero attached hydrogens (tertiary/aromatic N) is 5. The Balaban J connectivity index is 2.11. The second-order valence-electron chi connectivity index (χ2n) is 5.73. The number of azo groups is 1. The summed E-state index contributed by atoms with van der Waals surface area (Å²) in [5.74, 6) is -0.0913. The number of hydrogen-bond donors (Lipinski definition) is 1. The fourth-order valence-electron chi connectivity index (χ4n) is 2.78. The fourth-order valence-corrected chi connectivity index (χ4v) is 2.78. The molecule has 0 amide bonds. The van der Waals surface area contributed by atoms with Crippen LogP contribution in [0, 0.1) is 20.2 Å². The van der Waals surface area contributed by atoms with Crippen LogP contribution in [0.25, 0.3) is 10.9 Å². The molecule has 0 fully saturated rings. The van der Waals surface area contributed by atoms with E-state index in [9.17, 15) is 25.3 Å². The van der Waals surface area contributed by atoms with Crippen molar-refractivity contribution in [1.29, 1.82) is 0 Å². The summed E-state index contributed by atoms with van der Waals surface area (Å²) < 4.78 is 1.69. The van der Waals surface area contributed by atoms with Crippen molar-refractivity contribution >= 4 is 33.7 Å². The lowest BCUT2D eigenvalue weighted by Gasteiger charge is -2.03. The molecule has 0 aliphatic carbocycles. The molecular weight excluding hydrogens is 354 g/mol. The second-order valence-corrected chi connectivity index (χ2v) is 5.73. The Morgan fingerprint density at radius 3 is 2.48 bits per heavy atom. The topological polar surface area (TPSA) is 136 Å². The van der Waals surface area contributed by atoms with E-state index in [4.69, 9.17) is 0 Å². The number of aryl methyl sites for hydroxylation is 1. The van der Waals surface area contributed by atoms with Crippen LogP contribution in [-0.4, -0.2) is 19.5 Å². The quantitative estimate of drug-likeness (QED) is 0.371. The molecule has 0 bridgehead atoms. The SMILES string of the molecule is CCCn1c(O)c(N=Nc2ccc([N+](=O)[O-])cc2[N+](=O)[O-])c2ccccc21. The van der Waals surface area contributed by atoms with Crippen molar-refractivity contribution in [2.45, 2.75) is 19.9 Å². The number of hydrogen-bond acceptors (Lipinski definition) is 7. The summed E-state index contributed by atoms with van der Waals surface area (Å²) in [4.78, 5) is 20.5. The third-order valence-corrected chi connectivity index (χ3v) is 3.99. The summed E-state index contributed by atoms with van der Waals surface area (Å²) in [6.45, 7) is 2.54. The average Bonchev–Trinajstić information content (AvgIpc) is 2.92. The lowest BCUT2D eigenvalue weighted by molar-refractivity contribution is -0.393. The Bertz CT molecular complexity index is 1070. The van der Waals surface area contributed by atoms with Crippen LogP contribution in [0.15, 0.2) is 52.7 Å². The molecule has 0 atom stereocenters. The van der Waals surface area contributed by atoms with E-state index in [2.05, 4.69) is 10.2 Å². The van der Waals surface area contributed by atoms with Gasteiger partial charge < -0.3 is 9.67 Å². The Hall–Kier alpha value is -3.82. The van der Waals surface area contributed by atoms with E-state index in [1.807, 2.05) is 19.1 Å². The van der Waals surface area contributed by atoms with Crippen molar-refractivity contribution in [3.8, 4) is 5.88 Å². The first-order valence-electron chi connectivity index (χ1n) is 8.08. The monoisotopic (exact) mass is 369 g/mol. The van der Waals surface area contributed by atoms with Crippen LogP contribution in [-0.2, 0) is 6.54 Å². The number of aromatic hydroxyl groups is 1. The molecule has 27 heavy (non-hydrogen) atoms. The Kier molecular flexibility index (Phi) is 4.79. The smallest absolute Gasteiger partial charge is 0.303 e. The van der Waals surface area contributed by atoms with Crippen LogP contribution in [0.2, 0.25) is 0 Å². The van der Waals surface area contributed by atoms with E-state index in [0.29, 0.717) is 11.9 Å². The number of non-ortho nitro benzene ring substituents is 1. The molecule has 1 N–H and O–H groups in total. The van der Waals surface area contributed by atoms with Crippen molar-refractivity contribution in [2.75, 3.05) is 0 Å². The maximum Gasteiger partial charge on any atom is 0.303 e. The van der Waals surface area contributed by atoms with Crippen LogP contribution in [0.1, 0.15) is 13.3 Å². The van der Waals surface area contributed by atoms with Crippen LogP contribution in [0.3, 0.4) is 0 Å². The fraction of sp³-hybridized carbons (Fsp3) is 0.176. The molecule has 3 aromatic rings. The number of benzene rings is 2. The molecule has 0 aliphatic rings. The van der Waals surface area contributed by atoms with Crippen molar-refractivity contribution in [3.63, 3.8) is 0 Å². The average molecular weight is 369 g/mol. The van der Waals surface area contributed by atoms with Gasteiger partial charge >= 0.3 is 5.69 Å². The molecule has 138 valence electrons. The number of aromatic nitrogens is 1. The number of nitro groups is 2. The first kappa shape index (κ1) is 18.0. The van der Waals surface area contributed by atoms with E-state index < -0.39 is 21.2 Å². The predicted molar refractivity (Wildman–Crippen MR) is 97.8 cm³/mol. The Labute approximate surface area is 152 Å². The van der Waals surface area contributed by atoms with Crippen LogP contribution in [0.5, 0.6) is 5.88 Å². The standard InChI is InChI=1S/C17H15N5O5/c1-2-9-20-14-6-4-3-5-12(14)16(17(20)23)19-18-13-8-7-11(21(24)25)10-15(13)22(26)27/h3-8,10,23H,2,9H2,1H3. The van der Waals surface area contributed by atoms with E-state index in [1.165, 1.54) is 0 Å². The molecule has 1 heterocycles. The van der Waals surface area contributed by atoms with E-state index in [-0.39, 0.29) is 17.3 Å². The van der Waals surface area contributed by atoms with Crippen molar-refractivity contribution in [1.82, 2.24) is 4.57 Å². The number of fused-ring (bicyclic) bond motifs is 1. The molecular formula is C17H15N5O5. The lowest BCUT2D eigenvalue weighted by atomic mass is 10.2. The van der Waals surface area contributed by atoms with Crippen LogP contribution >= 0.6 is 0 Å². The molecule has 0 aliphatic heterocycles. The normalized spacial score (nSPS) is 11.3. The van der Waals surface area contributed by atoms with Gasteiger partial charge in [-0.05, 0) is 18.6 Å². The van der Waals surface area contributed by atoms with Gasteiger partial charge in [-0.25, -0.2) is 0 Å². The van der Waals surface area contributed by atoms with Gasteiger partial charge in [-0.3, -0.25) is 20.2 Å². The summed E-state index contributed by atoms with van der Waals surface area (Å²) >= 11 is 0. The summed E-state index contributed by atoms with van der Waals surface area (Å²) in [5, 5.41) is 41.0. The van der Waals surface area contributed by atoms with E-state index >= 15 is 0 Å². The molecule has 0 unspecified atom stereocenters. The van der Waals surface area contributed by atoms with Crippen LogP contribution < -0.4 is 0 Å². The number of para-hydroxylation sites is 1. The zero-order chi connectivity index (χ0) is 19.6. The third kappa shape index (κ3) is 3.32. The van der Waals surface area contributed by atoms with Gasteiger partial charge in [-0.2, -0.15) is 0 Å². The lowest BCUT2D eigenvalue weighted by Crippen LogP contribution is -1.94.